The van der Waals surface area contributed by atoms with Gasteiger partial charge in [0.1, 0.15) is 0 Å². The Kier molecular flexibility index (Phi) is 9.47. The third-order valence-electron chi connectivity index (χ3n) is 4.68. The van der Waals surface area contributed by atoms with Gasteiger partial charge in [0.25, 0.3) is 0 Å². The molecule has 1 aromatic heterocycles. The Bertz CT molecular complexity index is 975. The first kappa shape index (κ1) is 24.7. The molecule has 0 spiro atoms. The topological polar surface area (TPSA) is 46.9 Å². The fourth-order valence-corrected chi connectivity index (χ4v) is 3.82. The van der Waals surface area contributed by atoms with Crippen molar-refractivity contribution in [2.75, 3.05) is 0 Å². The second kappa shape index (κ2) is 11.1. The van der Waals surface area contributed by atoms with E-state index in [-0.39, 0.29) is 68.9 Å². The summed E-state index contributed by atoms with van der Waals surface area (Å²) in [5.41, 5.74) is 2.41. The second-order valence-corrected chi connectivity index (χ2v) is 7.42. The van der Waals surface area contributed by atoms with E-state index >= 15 is 0 Å². The summed E-state index contributed by atoms with van der Waals surface area (Å²) in [6.45, 7) is 0. The average Bonchev–Trinajstić information content (AvgIpc) is 3.32. The summed E-state index contributed by atoms with van der Waals surface area (Å²) in [6.07, 6.45) is 4.32. The zero-order valence-corrected chi connectivity index (χ0v) is 21.3. The second-order valence-electron chi connectivity index (χ2n) is 6.57. The van der Waals surface area contributed by atoms with Gasteiger partial charge in [0, 0.05) is 68.0 Å². The summed E-state index contributed by atoms with van der Waals surface area (Å²) in [4.78, 5) is 12.7. The van der Waals surface area contributed by atoms with Crippen molar-refractivity contribution in [2.24, 2.45) is 0 Å². The Morgan fingerprint density at radius 2 is 1.83 bits per heavy atom. The van der Waals surface area contributed by atoms with Crippen molar-refractivity contribution in [1.29, 1.82) is 0 Å². The Balaban J connectivity index is 0.00000150. The van der Waals surface area contributed by atoms with Crippen molar-refractivity contribution in [3.63, 3.8) is 0 Å². The molecule has 0 atom stereocenters. The molecule has 29 heavy (non-hydrogen) atoms. The van der Waals surface area contributed by atoms with Crippen molar-refractivity contribution >= 4 is 29.1 Å². The molecule has 4 nitrogen and oxygen atoms in total. The van der Waals surface area contributed by atoms with E-state index in [1.54, 1.807) is 22.9 Å². The van der Waals surface area contributed by atoms with Crippen LogP contribution in [0.4, 0.5) is 0 Å². The third-order valence-corrected chi connectivity index (χ3v) is 5.22. The quantitative estimate of drug-likeness (QED) is 0.470. The maximum Gasteiger partial charge on any atom is 0.167 e. The van der Waals surface area contributed by atoms with Crippen LogP contribution in [0.15, 0.2) is 42.5 Å². The van der Waals surface area contributed by atoms with Crippen molar-refractivity contribution in [2.45, 2.75) is 31.7 Å². The molecule has 1 aliphatic carbocycles. The van der Waals surface area contributed by atoms with Crippen LogP contribution in [0, 0.1) is 12.1 Å². The number of aromatic nitrogens is 2. The first-order chi connectivity index (χ1) is 13.1. The van der Waals surface area contributed by atoms with E-state index in [1.165, 1.54) is 0 Å². The van der Waals surface area contributed by atoms with Gasteiger partial charge in [0.05, 0.1) is 10.7 Å². The Hall–Kier alpha value is -0.612. The summed E-state index contributed by atoms with van der Waals surface area (Å²) in [5, 5.41) is 8.54. The predicted octanol–water partition coefficient (Wildman–Crippen LogP) is 5.11. The molecular weight excluding hydrogens is 521 g/mol. The van der Waals surface area contributed by atoms with Crippen molar-refractivity contribution in [3.8, 4) is 16.9 Å². The molecule has 8 heteroatoms. The standard InChI is InChI=1S/C21H17Cl2N3O.V.Y/c22-15-10-11-19(17(23)12-15)26-20(14-6-2-1-3-7-14)13-18(25-26)21(27)24-16-8-4-5-9-16;;/h2-3,6-7,10-12,16H,4-5,8-9H2,(H,24,27);;/q-2;;. The molecule has 1 fully saturated rings. The van der Waals surface area contributed by atoms with E-state index in [1.807, 2.05) is 24.3 Å². The summed E-state index contributed by atoms with van der Waals surface area (Å²) >= 11 is 12.4. The average molecular weight is 538 g/mol. The molecule has 1 saturated carbocycles. The molecular formula is C21H17Cl2N3OVY-2. The number of rotatable bonds is 4. The van der Waals surface area contributed by atoms with Crippen molar-refractivity contribution < 1.29 is 56.1 Å². The van der Waals surface area contributed by atoms with E-state index in [0.29, 0.717) is 21.4 Å². The van der Waals surface area contributed by atoms with Crippen molar-refractivity contribution in [1.82, 2.24) is 15.1 Å². The fraction of sp³-hybridized carbons (Fsp3) is 0.238. The fourth-order valence-electron chi connectivity index (χ4n) is 3.33. The summed E-state index contributed by atoms with van der Waals surface area (Å²) in [5.74, 6) is -0.213. The number of amides is 1. The predicted molar refractivity (Wildman–Crippen MR) is 106 cm³/mol. The van der Waals surface area contributed by atoms with E-state index < -0.39 is 0 Å². The smallest absolute Gasteiger partial charge is 0.167 e. The molecule has 1 heterocycles. The molecule has 0 saturated heterocycles. The molecule has 0 aliphatic heterocycles. The van der Waals surface area contributed by atoms with Gasteiger partial charge in [-0.3, -0.25) is 4.68 Å². The van der Waals surface area contributed by atoms with Gasteiger partial charge in [0.2, 0.25) is 0 Å². The summed E-state index contributed by atoms with van der Waals surface area (Å²) in [7, 11) is 0. The monoisotopic (exact) mass is 537 g/mol. The third kappa shape index (κ3) is 5.75. The molecule has 2 aromatic carbocycles. The Labute approximate surface area is 217 Å². The van der Waals surface area contributed by atoms with Crippen LogP contribution in [-0.4, -0.2) is 21.7 Å². The molecule has 0 unspecified atom stereocenters. The van der Waals surface area contributed by atoms with Gasteiger partial charge in [-0.25, -0.2) is 17.7 Å². The number of carbonyl (C=O) groups excluding carboxylic acids is 1. The van der Waals surface area contributed by atoms with Crippen LogP contribution >= 0.6 is 23.2 Å². The summed E-state index contributed by atoms with van der Waals surface area (Å²) < 4.78 is 1.64. The minimum Gasteiger partial charge on any atom is -0.400 e. The van der Waals surface area contributed by atoms with E-state index in [2.05, 4.69) is 22.5 Å². The number of hydrogen-bond donors (Lipinski definition) is 1. The van der Waals surface area contributed by atoms with E-state index in [0.717, 1.165) is 31.2 Å². The van der Waals surface area contributed by atoms with Crippen LogP contribution in [0.5, 0.6) is 0 Å². The minimum atomic E-state index is -0.213. The van der Waals surface area contributed by atoms with Gasteiger partial charge in [-0.15, -0.1) is 6.07 Å². The first-order valence-corrected chi connectivity index (χ1v) is 9.62. The SMILES string of the molecule is O=C(NC1CCCC1)c1[c-]c(-c2cc[c-]cc2)n(-c2ccc(Cl)cc2Cl)n1.[V].[Y]. The van der Waals surface area contributed by atoms with Gasteiger partial charge >= 0.3 is 0 Å². The van der Waals surface area contributed by atoms with Crippen LogP contribution in [0.25, 0.3) is 16.9 Å². The van der Waals surface area contributed by atoms with Crippen LogP contribution in [0.1, 0.15) is 36.2 Å². The number of benzene rings is 2. The zero-order valence-electron chi connectivity index (χ0n) is 15.5. The van der Waals surface area contributed by atoms with Gasteiger partial charge in [-0.05, 0) is 31.0 Å². The molecule has 1 aliphatic rings. The maximum atomic E-state index is 12.7. The summed E-state index contributed by atoms with van der Waals surface area (Å²) in [6, 6.07) is 18.9. The van der Waals surface area contributed by atoms with Crippen LogP contribution in [0.2, 0.25) is 10.0 Å². The Morgan fingerprint density at radius 3 is 2.48 bits per heavy atom. The molecule has 1 amide bonds. The van der Waals surface area contributed by atoms with Crippen LogP contribution in [0.3, 0.4) is 0 Å². The van der Waals surface area contributed by atoms with Gasteiger partial charge in [-0.1, -0.05) is 41.7 Å². The molecule has 1 N–H and O–H groups in total. The van der Waals surface area contributed by atoms with Gasteiger partial charge < -0.3 is 10.1 Å². The molecule has 2 radical (unpaired) electrons. The number of nitrogens with zero attached hydrogens (tertiary/aromatic N) is 2. The van der Waals surface area contributed by atoms with E-state index in [9.17, 15) is 4.79 Å². The molecule has 146 valence electrons. The zero-order chi connectivity index (χ0) is 18.8. The Morgan fingerprint density at radius 1 is 1.14 bits per heavy atom. The number of nitrogens with one attached hydrogen (secondary N) is 1. The van der Waals surface area contributed by atoms with Gasteiger partial charge in [0.15, 0.2) is 5.91 Å². The molecule has 0 bridgehead atoms. The molecule has 4 rings (SSSR count). The normalized spacial score (nSPS) is 13.4. The van der Waals surface area contributed by atoms with Gasteiger partial charge in [-0.2, -0.15) is 23.3 Å². The largest absolute Gasteiger partial charge is 0.400 e. The van der Waals surface area contributed by atoms with E-state index in [4.69, 9.17) is 23.2 Å². The van der Waals surface area contributed by atoms with Crippen molar-refractivity contribution in [3.05, 3.63) is 70.3 Å². The number of halogens is 2. The number of carbonyl (C=O) groups is 1. The van der Waals surface area contributed by atoms with Crippen LogP contribution in [-0.2, 0) is 51.3 Å². The minimum absolute atomic E-state index is 0. The maximum absolute atomic E-state index is 12.7. The number of hydrogen-bond acceptors (Lipinski definition) is 2. The molecule has 3 aromatic rings. The first-order valence-electron chi connectivity index (χ1n) is 8.87. The van der Waals surface area contributed by atoms with Crippen LogP contribution < -0.4 is 5.32 Å².